The van der Waals surface area contributed by atoms with Gasteiger partial charge in [-0.15, -0.1) is 10.2 Å². The minimum absolute atomic E-state index is 0.00389. The lowest BCUT2D eigenvalue weighted by atomic mass is 10.1. The second kappa shape index (κ2) is 10.2. The van der Waals surface area contributed by atoms with Crippen molar-refractivity contribution in [1.29, 1.82) is 0 Å². The first-order chi connectivity index (χ1) is 14.3. The van der Waals surface area contributed by atoms with Gasteiger partial charge in [-0.1, -0.05) is 59.5 Å². The molecule has 2 N–H and O–H groups in total. The molecular formula is C20H22N4O3S3. The molecule has 2 aromatic carbocycles. The smallest absolute Gasteiger partial charge is 0.210 e. The number of ketones is 1. The molecule has 0 saturated heterocycles. The van der Waals surface area contributed by atoms with Gasteiger partial charge in [-0.2, -0.15) is 0 Å². The number of hydrogen-bond donors (Lipinski definition) is 2. The number of thioether (sulfide) groups is 1. The minimum Gasteiger partial charge on any atom is -0.330 e. The van der Waals surface area contributed by atoms with Crippen molar-refractivity contribution in [2.75, 3.05) is 23.9 Å². The number of hydrogen-bond acceptors (Lipinski definition) is 8. The summed E-state index contributed by atoms with van der Waals surface area (Å²) in [5, 5.41) is 12.2. The molecule has 0 aliphatic heterocycles. The molecule has 0 spiro atoms. The van der Waals surface area contributed by atoms with E-state index in [0.29, 0.717) is 23.7 Å². The number of Topliss-reactive ketones (excluding diaryl/α,β-unsaturated/α-hetero) is 1. The Morgan fingerprint density at radius 1 is 1.13 bits per heavy atom. The zero-order chi connectivity index (χ0) is 21.6. The Hall–Kier alpha value is -2.27. The van der Waals surface area contributed by atoms with Gasteiger partial charge in [0.15, 0.2) is 10.1 Å². The van der Waals surface area contributed by atoms with Crippen LogP contribution in [0.3, 0.4) is 0 Å². The van der Waals surface area contributed by atoms with Crippen LogP contribution in [0.5, 0.6) is 0 Å². The average molecular weight is 463 g/mol. The molecule has 10 heteroatoms. The van der Waals surface area contributed by atoms with Crippen LogP contribution in [0.15, 0.2) is 52.9 Å². The highest BCUT2D eigenvalue weighted by Crippen LogP contribution is 2.28. The molecule has 0 aliphatic carbocycles. The molecule has 7 nitrogen and oxygen atoms in total. The van der Waals surface area contributed by atoms with Crippen LogP contribution in [0, 0.1) is 6.92 Å². The average Bonchev–Trinajstić information content (AvgIpc) is 3.13. The lowest BCUT2D eigenvalue weighted by Crippen LogP contribution is -2.24. The van der Waals surface area contributed by atoms with E-state index in [9.17, 15) is 13.2 Å². The Kier molecular flexibility index (Phi) is 7.59. The summed E-state index contributed by atoms with van der Waals surface area (Å²) in [6, 6.07) is 15.2. The third-order valence-corrected chi connectivity index (χ3v) is 6.76. The highest BCUT2D eigenvalue weighted by molar-refractivity contribution is 8.01. The van der Waals surface area contributed by atoms with Gasteiger partial charge < -0.3 is 5.32 Å². The predicted octanol–water partition coefficient (Wildman–Crippen LogP) is 3.66. The van der Waals surface area contributed by atoms with E-state index >= 15 is 0 Å². The Bertz CT molecular complexity index is 1110. The maximum atomic E-state index is 12.4. The molecule has 0 saturated carbocycles. The number of anilines is 2. The van der Waals surface area contributed by atoms with Crippen molar-refractivity contribution >= 4 is 49.7 Å². The zero-order valence-electron chi connectivity index (χ0n) is 16.6. The van der Waals surface area contributed by atoms with Crippen LogP contribution in [0.2, 0.25) is 0 Å². The summed E-state index contributed by atoms with van der Waals surface area (Å²) in [5.74, 6) is 0.276. The summed E-state index contributed by atoms with van der Waals surface area (Å²) in [6.45, 7) is 2.36. The molecule has 0 atom stereocenters. The van der Waals surface area contributed by atoms with E-state index in [2.05, 4.69) is 20.2 Å². The monoisotopic (exact) mass is 462 g/mol. The highest BCUT2D eigenvalue weighted by atomic mass is 32.2. The quantitative estimate of drug-likeness (QED) is 0.350. The number of carbonyl (C=O) groups excluding carboxylic acids is 1. The molecule has 0 unspecified atom stereocenters. The second-order valence-electron chi connectivity index (χ2n) is 6.69. The number of aryl methyl sites for hydroxylation is 1. The number of rotatable bonds is 10. The van der Waals surface area contributed by atoms with Crippen LogP contribution >= 0.6 is 23.1 Å². The number of sulfonamides is 1. The van der Waals surface area contributed by atoms with Gasteiger partial charge in [0.25, 0.3) is 0 Å². The molecule has 158 valence electrons. The van der Waals surface area contributed by atoms with Crippen molar-refractivity contribution in [1.82, 2.24) is 14.9 Å². The molecule has 0 aliphatic rings. The number of carbonyl (C=O) groups is 1. The van der Waals surface area contributed by atoms with Gasteiger partial charge in [-0.05, 0) is 36.6 Å². The molecule has 3 aromatic rings. The first-order valence-corrected chi connectivity index (χ1v) is 12.8. The molecule has 1 heterocycles. The lowest BCUT2D eigenvalue weighted by molar-refractivity contribution is 0.102. The fourth-order valence-corrected chi connectivity index (χ4v) is 4.75. The van der Waals surface area contributed by atoms with E-state index in [-0.39, 0.29) is 11.5 Å². The molecule has 3 rings (SSSR count). The fourth-order valence-electron chi connectivity index (χ4n) is 2.61. The summed E-state index contributed by atoms with van der Waals surface area (Å²) < 4.78 is 25.4. The Balaban J connectivity index is 1.49. The lowest BCUT2D eigenvalue weighted by Gasteiger charge is -2.04. The normalized spacial score (nSPS) is 11.4. The standard InChI is InChI=1S/C20H22N4O3S3/c1-14-4-3-5-17(12-14)22-19-23-24-20(29-19)28-13-18(25)16-8-6-15(7-9-16)10-11-21-30(2,26)27/h3-9,12,21H,10-11,13H2,1-2H3,(H,22,23). The number of nitrogens with one attached hydrogen (secondary N) is 2. The molecule has 0 fully saturated rings. The van der Waals surface area contributed by atoms with Gasteiger partial charge in [0.2, 0.25) is 15.2 Å². The first kappa shape index (κ1) is 22.4. The maximum absolute atomic E-state index is 12.4. The van der Waals surface area contributed by atoms with E-state index in [4.69, 9.17) is 0 Å². The van der Waals surface area contributed by atoms with Crippen LogP contribution in [0.25, 0.3) is 0 Å². The third kappa shape index (κ3) is 7.21. The van der Waals surface area contributed by atoms with Crippen molar-refractivity contribution in [2.45, 2.75) is 17.7 Å². The van der Waals surface area contributed by atoms with Crippen LogP contribution in [-0.4, -0.2) is 43.0 Å². The largest absolute Gasteiger partial charge is 0.330 e. The summed E-state index contributed by atoms with van der Waals surface area (Å²) in [7, 11) is -3.19. The van der Waals surface area contributed by atoms with Crippen molar-refractivity contribution in [3.05, 3.63) is 65.2 Å². The second-order valence-corrected chi connectivity index (χ2v) is 10.7. The van der Waals surface area contributed by atoms with Gasteiger partial charge in [0, 0.05) is 17.8 Å². The molecule has 1 aromatic heterocycles. The van der Waals surface area contributed by atoms with E-state index in [0.717, 1.165) is 27.4 Å². The summed E-state index contributed by atoms with van der Waals surface area (Å²) in [4.78, 5) is 12.4. The summed E-state index contributed by atoms with van der Waals surface area (Å²) >= 11 is 2.76. The van der Waals surface area contributed by atoms with Gasteiger partial charge in [-0.3, -0.25) is 4.79 Å². The van der Waals surface area contributed by atoms with Crippen LogP contribution < -0.4 is 10.0 Å². The van der Waals surface area contributed by atoms with Crippen molar-refractivity contribution in [3.8, 4) is 0 Å². The van der Waals surface area contributed by atoms with E-state index in [1.165, 1.54) is 23.1 Å². The molecule has 0 radical (unpaired) electrons. The van der Waals surface area contributed by atoms with Gasteiger partial charge in [-0.25, -0.2) is 13.1 Å². The number of aromatic nitrogens is 2. The van der Waals surface area contributed by atoms with Crippen molar-refractivity contribution in [3.63, 3.8) is 0 Å². The third-order valence-electron chi connectivity index (χ3n) is 4.06. The summed E-state index contributed by atoms with van der Waals surface area (Å²) in [5.41, 5.74) is 3.68. The van der Waals surface area contributed by atoms with Crippen LogP contribution in [0.4, 0.5) is 10.8 Å². The molecule has 30 heavy (non-hydrogen) atoms. The summed E-state index contributed by atoms with van der Waals surface area (Å²) in [6.07, 6.45) is 1.70. The van der Waals surface area contributed by atoms with Gasteiger partial charge in [0.1, 0.15) is 0 Å². The van der Waals surface area contributed by atoms with Gasteiger partial charge in [0.05, 0.1) is 12.0 Å². The molecule has 0 amide bonds. The van der Waals surface area contributed by atoms with Crippen molar-refractivity contribution in [2.24, 2.45) is 0 Å². The van der Waals surface area contributed by atoms with Gasteiger partial charge >= 0.3 is 0 Å². The van der Waals surface area contributed by atoms with Crippen molar-refractivity contribution < 1.29 is 13.2 Å². The van der Waals surface area contributed by atoms with Crippen LogP contribution in [0.1, 0.15) is 21.5 Å². The topological polar surface area (TPSA) is 101 Å². The highest BCUT2D eigenvalue weighted by Gasteiger charge is 2.11. The fraction of sp³-hybridized carbons (Fsp3) is 0.250. The molecular weight excluding hydrogens is 440 g/mol. The van der Waals surface area contributed by atoms with E-state index in [1.807, 2.05) is 43.3 Å². The SMILES string of the molecule is Cc1cccc(Nc2nnc(SCC(=O)c3ccc(CCNS(C)(=O)=O)cc3)s2)c1. The van der Waals surface area contributed by atoms with E-state index < -0.39 is 10.0 Å². The first-order valence-electron chi connectivity index (χ1n) is 9.15. The Morgan fingerprint density at radius 2 is 1.90 bits per heavy atom. The zero-order valence-corrected chi connectivity index (χ0v) is 19.0. The number of nitrogens with zero attached hydrogens (tertiary/aromatic N) is 2. The number of benzene rings is 2. The maximum Gasteiger partial charge on any atom is 0.210 e. The molecule has 0 bridgehead atoms. The van der Waals surface area contributed by atoms with E-state index in [1.54, 1.807) is 12.1 Å². The Morgan fingerprint density at radius 3 is 2.60 bits per heavy atom. The Labute approximate surface area is 184 Å². The van der Waals surface area contributed by atoms with Crippen LogP contribution in [-0.2, 0) is 16.4 Å². The predicted molar refractivity (Wildman–Crippen MR) is 122 cm³/mol. The minimum atomic E-state index is -3.19.